The molecule has 0 saturated heterocycles. The molecule has 0 aliphatic rings. The first-order chi connectivity index (χ1) is 14.4. The first kappa shape index (κ1) is 21.8. The molecule has 3 aromatic rings. The second kappa shape index (κ2) is 9.71. The number of pyridine rings is 1. The van der Waals surface area contributed by atoms with Crippen LogP contribution in [0.4, 0.5) is 5.82 Å². The summed E-state index contributed by atoms with van der Waals surface area (Å²) < 4.78 is 7.18. The lowest BCUT2D eigenvalue weighted by Gasteiger charge is -2.16. The van der Waals surface area contributed by atoms with Gasteiger partial charge in [0.05, 0.1) is 12.8 Å². The fourth-order valence-electron chi connectivity index (χ4n) is 3.45. The highest BCUT2D eigenvalue weighted by molar-refractivity contribution is 5.91. The van der Waals surface area contributed by atoms with E-state index >= 15 is 0 Å². The summed E-state index contributed by atoms with van der Waals surface area (Å²) in [5.41, 5.74) is 2.65. The molecule has 0 saturated carbocycles. The maximum Gasteiger partial charge on any atom is 0.226 e. The Labute approximate surface area is 178 Å². The molecule has 0 aliphatic carbocycles. The van der Waals surface area contributed by atoms with Gasteiger partial charge in [-0.15, -0.1) is 0 Å². The first-order valence-electron chi connectivity index (χ1n) is 10.4. The summed E-state index contributed by atoms with van der Waals surface area (Å²) in [6, 6.07) is 9.71. The maximum absolute atomic E-state index is 12.5. The molecule has 30 heavy (non-hydrogen) atoms. The van der Waals surface area contributed by atoms with Gasteiger partial charge in [0, 0.05) is 24.4 Å². The number of hydrogen-bond acceptors (Lipinski definition) is 5. The van der Waals surface area contributed by atoms with E-state index in [1.165, 1.54) is 0 Å². The fourth-order valence-corrected chi connectivity index (χ4v) is 3.45. The number of methoxy groups -OCH3 is 1. The van der Waals surface area contributed by atoms with E-state index in [4.69, 9.17) is 9.72 Å². The Morgan fingerprint density at radius 3 is 2.77 bits per heavy atom. The van der Waals surface area contributed by atoms with Crippen LogP contribution in [0.1, 0.15) is 37.4 Å². The predicted molar refractivity (Wildman–Crippen MR) is 121 cm³/mol. The number of fused-ring (bicyclic) bond motifs is 1. The van der Waals surface area contributed by atoms with Gasteiger partial charge in [-0.3, -0.25) is 4.79 Å². The average Bonchev–Trinajstić information content (AvgIpc) is 3.10. The summed E-state index contributed by atoms with van der Waals surface area (Å²) in [5, 5.41) is 8.59. The molecule has 0 radical (unpaired) electrons. The highest BCUT2D eigenvalue weighted by Gasteiger charge is 2.15. The summed E-state index contributed by atoms with van der Waals surface area (Å²) in [5.74, 6) is 1.94. The molecule has 1 amide bonds. The van der Waals surface area contributed by atoms with Crippen LogP contribution in [0.3, 0.4) is 0 Å². The molecule has 2 aromatic heterocycles. The van der Waals surface area contributed by atoms with Gasteiger partial charge in [-0.25, -0.2) is 4.98 Å². The van der Waals surface area contributed by atoms with Crippen LogP contribution in [0, 0.1) is 13.8 Å². The molecule has 0 bridgehead atoms. The summed E-state index contributed by atoms with van der Waals surface area (Å²) >= 11 is 0. The molecule has 0 atom stereocenters. The lowest BCUT2D eigenvalue weighted by Crippen LogP contribution is -2.25. The van der Waals surface area contributed by atoms with Crippen molar-refractivity contribution in [3.63, 3.8) is 0 Å². The molecular formula is C23H31N5O2. The van der Waals surface area contributed by atoms with Crippen molar-refractivity contribution in [1.29, 1.82) is 0 Å². The fraction of sp³-hybridized carbons (Fsp3) is 0.435. The lowest BCUT2D eigenvalue weighted by molar-refractivity contribution is -0.116. The molecule has 0 aliphatic heterocycles. The van der Waals surface area contributed by atoms with E-state index in [0.29, 0.717) is 23.8 Å². The van der Waals surface area contributed by atoms with E-state index in [0.717, 1.165) is 48.1 Å². The van der Waals surface area contributed by atoms with E-state index in [1.807, 2.05) is 51.2 Å². The molecule has 0 fully saturated rings. The number of nitrogens with one attached hydrogen (secondary N) is 1. The van der Waals surface area contributed by atoms with Crippen LogP contribution in [0.15, 0.2) is 30.3 Å². The Kier molecular flexibility index (Phi) is 7.05. The van der Waals surface area contributed by atoms with Crippen LogP contribution in [-0.2, 0) is 4.79 Å². The maximum atomic E-state index is 12.5. The second-order valence-electron chi connectivity index (χ2n) is 7.69. The van der Waals surface area contributed by atoms with Crippen LogP contribution >= 0.6 is 0 Å². The number of carbonyl (C=O) groups excluding carboxylic acids is 1. The van der Waals surface area contributed by atoms with E-state index in [1.54, 1.807) is 11.8 Å². The van der Waals surface area contributed by atoms with Gasteiger partial charge in [-0.2, -0.15) is 9.78 Å². The Bertz CT molecular complexity index is 1030. The van der Waals surface area contributed by atoms with Gasteiger partial charge in [0.15, 0.2) is 5.82 Å². The van der Waals surface area contributed by atoms with Gasteiger partial charge in [0.2, 0.25) is 5.91 Å². The third-order valence-corrected chi connectivity index (χ3v) is 5.15. The molecule has 2 heterocycles. The van der Waals surface area contributed by atoms with Crippen molar-refractivity contribution in [2.75, 3.05) is 32.6 Å². The van der Waals surface area contributed by atoms with Crippen LogP contribution in [0.5, 0.6) is 5.75 Å². The standard InChI is InChI=1S/C23H31N5O2/c1-6-7-12-27(4)13-11-22(29)24-21-15-17(3)26-28(21)20-14-16(2)18-9-8-10-19(30-5)23(18)25-20/h8-10,14-15H,6-7,11-13H2,1-5H3,(H,24,29). The number of aryl methyl sites for hydroxylation is 2. The van der Waals surface area contributed by atoms with Crippen molar-refractivity contribution >= 4 is 22.6 Å². The van der Waals surface area contributed by atoms with E-state index in [9.17, 15) is 4.79 Å². The molecule has 7 heteroatoms. The van der Waals surface area contributed by atoms with Gasteiger partial charge >= 0.3 is 0 Å². The number of unbranched alkanes of at least 4 members (excludes halogenated alkanes) is 1. The van der Waals surface area contributed by atoms with Crippen molar-refractivity contribution in [1.82, 2.24) is 19.7 Å². The van der Waals surface area contributed by atoms with Crippen LogP contribution < -0.4 is 10.1 Å². The topological polar surface area (TPSA) is 72.3 Å². The molecular weight excluding hydrogens is 378 g/mol. The Hall–Kier alpha value is -2.93. The number of nitrogens with zero attached hydrogens (tertiary/aromatic N) is 4. The molecule has 160 valence electrons. The zero-order valence-corrected chi connectivity index (χ0v) is 18.5. The van der Waals surface area contributed by atoms with Crippen LogP contribution in [0.25, 0.3) is 16.7 Å². The molecule has 1 N–H and O–H groups in total. The van der Waals surface area contributed by atoms with Crippen molar-refractivity contribution in [2.45, 2.75) is 40.0 Å². The zero-order valence-electron chi connectivity index (χ0n) is 18.5. The molecule has 7 nitrogen and oxygen atoms in total. The summed E-state index contributed by atoms with van der Waals surface area (Å²) in [4.78, 5) is 19.5. The average molecular weight is 410 g/mol. The van der Waals surface area contributed by atoms with Crippen molar-refractivity contribution < 1.29 is 9.53 Å². The molecule has 0 spiro atoms. The predicted octanol–water partition coefficient (Wildman–Crippen LogP) is 4.11. The summed E-state index contributed by atoms with van der Waals surface area (Å²) in [6.07, 6.45) is 2.72. The molecule has 1 aromatic carbocycles. The number of anilines is 1. The molecule has 3 rings (SSSR count). The number of para-hydroxylation sites is 1. The van der Waals surface area contributed by atoms with Gasteiger partial charge < -0.3 is 15.0 Å². The minimum Gasteiger partial charge on any atom is -0.494 e. The zero-order chi connectivity index (χ0) is 21.7. The van der Waals surface area contributed by atoms with Crippen molar-refractivity contribution in [3.05, 3.63) is 41.6 Å². The number of aromatic nitrogens is 3. The Morgan fingerprint density at radius 2 is 2.03 bits per heavy atom. The van der Waals surface area contributed by atoms with Gasteiger partial charge in [0.1, 0.15) is 17.1 Å². The number of rotatable bonds is 9. The smallest absolute Gasteiger partial charge is 0.226 e. The highest BCUT2D eigenvalue weighted by atomic mass is 16.5. The quantitative estimate of drug-likeness (QED) is 0.576. The van der Waals surface area contributed by atoms with Gasteiger partial charge in [-0.05, 0) is 51.6 Å². The van der Waals surface area contributed by atoms with Crippen molar-refractivity contribution in [3.8, 4) is 11.6 Å². The number of ether oxygens (including phenoxy) is 1. The lowest BCUT2D eigenvalue weighted by atomic mass is 10.1. The van der Waals surface area contributed by atoms with E-state index in [-0.39, 0.29) is 5.91 Å². The third kappa shape index (κ3) is 4.97. The van der Waals surface area contributed by atoms with E-state index < -0.39 is 0 Å². The minimum atomic E-state index is -0.0328. The normalized spacial score (nSPS) is 11.3. The highest BCUT2D eigenvalue weighted by Crippen LogP contribution is 2.28. The number of benzene rings is 1. The summed E-state index contributed by atoms with van der Waals surface area (Å²) in [7, 11) is 3.69. The second-order valence-corrected chi connectivity index (χ2v) is 7.69. The van der Waals surface area contributed by atoms with Crippen molar-refractivity contribution in [2.24, 2.45) is 0 Å². The SMILES string of the molecule is CCCCN(C)CCC(=O)Nc1cc(C)nn1-c1cc(C)c2cccc(OC)c2n1. The van der Waals surface area contributed by atoms with Crippen LogP contribution in [-0.4, -0.2) is 52.8 Å². The van der Waals surface area contributed by atoms with Gasteiger partial charge in [0.25, 0.3) is 0 Å². The minimum absolute atomic E-state index is 0.0328. The van der Waals surface area contributed by atoms with Crippen LogP contribution in [0.2, 0.25) is 0 Å². The Balaban J connectivity index is 1.84. The van der Waals surface area contributed by atoms with E-state index in [2.05, 4.69) is 22.2 Å². The monoisotopic (exact) mass is 409 g/mol. The summed E-state index contributed by atoms with van der Waals surface area (Å²) in [6.45, 7) is 7.83. The largest absolute Gasteiger partial charge is 0.494 e. The first-order valence-corrected chi connectivity index (χ1v) is 10.4. The van der Waals surface area contributed by atoms with Gasteiger partial charge in [-0.1, -0.05) is 25.5 Å². The number of amides is 1. The Morgan fingerprint density at radius 1 is 1.23 bits per heavy atom. The third-order valence-electron chi connectivity index (χ3n) is 5.15. The number of hydrogen-bond donors (Lipinski definition) is 1. The number of carbonyl (C=O) groups is 1. The molecule has 0 unspecified atom stereocenters.